The molecule has 96 valence electrons. The molecule has 6 nitrogen and oxygen atoms in total. The zero-order valence-corrected chi connectivity index (χ0v) is 10.6. The number of rotatable bonds is 8. The first-order valence-electron chi connectivity index (χ1n) is 6.12. The van der Waals surface area contributed by atoms with Gasteiger partial charge >= 0.3 is 0 Å². The molecule has 1 aromatic heterocycles. The molecule has 0 aromatic carbocycles. The Morgan fingerprint density at radius 2 is 2.29 bits per heavy atom. The van der Waals surface area contributed by atoms with Crippen LogP contribution >= 0.6 is 0 Å². The first-order valence-corrected chi connectivity index (χ1v) is 6.12. The van der Waals surface area contributed by atoms with Crippen molar-refractivity contribution in [2.45, 2.75) is 39.8 Å². The third kappa shape index (κ3) is 5.44. The fourth-order valence-corrected chi connectivity index (χ4v) is 1.39. The van der Waals surface area contributed by atoms with Gasteiger partial charge in [-0.3, -0.25) is 9.48 Å². The summed E-state index contributed by atoms with van der Waals surface area (Å²) in [7, 11) is 0. The number of nitrogens with zero attached hydrogens (tertiary/aromatic N) is 3. The molecule has 0 saturated carbocycles. The summed E-state index contributed by atoms with van der Waals surface area (Å²) in [5.41, 5.74) is 0.801. The number of nitrogens with one attached hydrogen (secondary N) is 2. The Balaban J connectivity index is 2.25. The number of aromatic nitrogens is 3. The summed E-state index contributed by atoms with van der Waals surface area (Å²) in [4.78, 5) is 11.1. The Bertz CT molecular complexity index is 336. The van der Waals surface area contributed by atoms with Crippen molar-refractivity contribution in [2.24, 2.45) is 0 Å². The maximum Gasteiger partial charge on any atom is 0.220 e. The van der Waals surface area contributed by atoms with Crippen molar-refractivity contribution in [3.63, 3.8) is 0 Å². The second kappa shape index (κ2) is 7.78. The molecule has 2 N–H and O–H groups in total. The van der Waals surface area contributed by atoms with Crippen LogP contribution in [0.2, 0.25) is 0 Å². The van der Waals surface area contributed by atoms with Gasteiger partial charge in [-0.1, -0.05) is 19.1 Å². The summed E-state index contributed by atoms with van der Waals surface area (Å²) >= 11 is 0. The van der Waals surface area contributed by atoms with Crippen molar-refractivity contribution in [1.29, 1.82) is 0 Å². The summed E-state index contributed by atoms with van der Waals surface area (Å²) in [5, 5.41) is 14.0. The lowest BCUT2D eigenvalue weighted by molar-refractivity contribution is -0.120. The molecule has 1 rings (SSSR count). The quantitative estimate of drug-likeness (QED) is 0.640. The van der Waals surface area contributed by atoms with E-state index in [1.165, 1.54) is 0 Å². The van der Waals surface area contributed by atoms with Gasteiger partial charge in [-0.05, 0) is 19.5 Å². The van der Waals surface area contributed by atoms with E-state index in [2.05, 4.69) is 27.9 Å². The van der Waals surface area contributed by atoms with Gasteiger partial charge in [-0.15, -0.1) is 5.10 Å². The second-order valence-corrected chi connectivity index (χ2v) is 3.81. The molecule has 0 aliphatic heterocycles. The standard InChI is InChI=1S/C11H21N5O/c1-3-11(17)13-8-10-9-16(15-14-10)7-5-6-12-4-2/h9,12H,3-8H2,1-2H3,(H,13,17). The first kappa shape index (κ1) is 13.6. The largest absolute Gasteiger partial charge is 0.350 e. The van der Waals surface area contributed by atoms with Crippen LogP contribution in [0.25, 0.3) is 0 Å². The molecule has 0 fully saturated rings. The number of carbonyl (C=O) groups excluding carboxylic acids is 1. The van der Waals surface area contributed by atoms with E-state index in [0.717, 1.165) is 31.7 Å². The minimum Gasteiger partial charge on any atom is -0.350 e. The smallest absolute Gasteiger partial charge is 0.220 e. The van der Waals surface area contributed by atoms with Gasteiger partial charge in [0.2, 0.25) is 5.91 Å². The molecular weight excluding hydrogens is 218 g/mol. The molecule has 0 saturated heterocycles. The molecule has 1 aromatic rings. The van der Waals surface area contributed by atoms with Gasteiger partial charge in [-0.2, -0.15) is 0 Å². The summed E-state index contributed by atoms with van der Waals surface area (Å²) in [6, 6.07) is 0. The molecule has 17 heavy (non-hydrogen) atoms. The van der Waals surface area contributed by atoms with Crippen molar-refractivity contribution < 1.29 is 4.79 Å². The van der Waals surface area contributed by atoms with E-state index in [-0.39, 0.29) is 5.91 Å². The molecule has 0 aliphatic carbocycles. The van der Waals surface area contributed by atoms with Crippen LogP contribution in [0.1, 0.15) is 32.4 Å². The number of hydrogen-bond donors (Lipinski definition) is 2. The van der Waals surface area contributed by atoms with Crippen LogP contribution in [0.4, 0.5) is 0 Å². The maximum absolute atomic E-state index is 11.1. The number of carbonyl (C=O) groups is 1. The van der Waals surface area contributed by atoms with Crippen molar-refractivity contribution in [3.8, 4) is 0 Å². The Kier molecular flexibility index (Phi) is 6.24. The van der Waals surface area contributed by atoms with E-state index in [1.54, 1.807) is 0 Å². The average Bonchev–Trinajstić information content (AvgIpc) is 2.79. The number of hydrogen-bond acceptors (Lipinski definition) is 4. The second-order valence-electron chi connectivity index (χ2n) is 3.81. The van der Waals surface area contributed by atoms with Crippen LogP contribution in [0.3, 0.4) is 0 Å². The molecule has 0 bridgehead atoms. The summed E-state index contributed by atoms with van der Waals surface area (Å²) in [5.74, 6) is 0.0340. The molecule has 0 unspecified atom stereocenters. The van der Waals surface area contributed by atoms with Crippen LogP contribution in [-0.4, -0.2) is 34.0 Å². The maximum atomic E-state index is 11.1. The zero-order chi connectivity index (χ0) is 12.5. The minimum absolute atomic E-state index is 0.0340. The first-order chi connectivity index (χ1) is 8.26. The normalized spacial score (nSPS) is 10.5. The number of aryl methyl sites for hydroxylation is 1. The highest BCUT2D eigenvalue weighted by molar-refractivity contribution is 5.75. The molecule has 0 aliphatic rings. The highest BCUT2D eigenvalue weighted by atomic mass is 16.1. The lowest BCUT2D eigenvalue weighted by Gasteiger charge is -2.01. The summed E-state index contributed by atoms with van der Waals surface area (Å²) in [6.45, 7) is 7.20. The van der Waals surface area contributed by atoms with E-state index < -0.39 is 0 Å². The van der Waals surface area contributed by atoms with Gasteiger partial charge in [0.05, 0.1) is 12.7 Å². The average molecular weight is 239 g/mol. The predicted octanol–water partition coefficient (Wildman–Crippen LogP) is 0.304. The van der Waals surface area contributed by atoms with E-state index in [4.69, 9.17) is 0 Å². The highest BCUT2D eigenvalue weighted by Gasteiger charge is 2.02. The number of amides is 1. The van der Waals surface area contributed by atoms with Crippen LogP contribution in [0.15, 0.2) is 6.20 Å². The minimum atomic E-state index is 0.0340. The summed E-state index contributed by atoms with van der Waals surface area (Å²) in [6.07, 6.45) is 3.40. The molecule has 1 amide bonds. The van der Waals surface area contributed by atoms with Crippen molar-refractivity contribution in [1.82, 2.24) is 25.6 Å². The van der Waals surface area contributed by atoms with Crippen LogP contribution in [-0.2, 0) is 17.9 Å². The highest BCUT2D eigenvalue weighted by Crippen LogP contribution is 1.94. The van der Waals surface area contributed by atoms with Gasteiger partial charge in [0.15, 0.2) is 0 Å². The molecule has 1 heterocycles. The lowest BCUT2D eigenvalue weighted by Crippen LogP contribution is -2.21. The third-order valence-corrected chi connectivity index (χ3v) is 2.36. The van der Waals surface area contributed by atoms with Gasteiger partial charge in [0, 0.05) is 13.0 Å². The van der Waals surface area contributed by atoms with Crippen molar-refractivity contribution in [2.75, 3.05) is 13.1 Å². The molecule has 0 radical (unpaired) electrons. The molecule has 6 heteroatoms. The predicted molar refractivity (Wildman–Crippen MR) is 65.3 cm³/mol. The molecule has 0 spiro atoms. The topological polar surface area (TPSA) is 71.8 Å². The van der Waals surface area contributed by atoms with Gasteiger partial charge in [-0.25, -0.2) is 0 Å². The van der Waals surface area contributed by atoms with Crippen molar-refractivity contribution >= 4 is 5.91 Å². The SMILES string of the molecule is CCNCCCn1cc(CNC(=O)CC)nn1. The van der Waals surface area contributed by atoms with Crippen molar-refractivity contribution in [3.05, 3.63) is 11.9 Å². The zero-order valence-electron chi connectivity index (χ0n) is 10.6. The third-order valence-electron chi connectivity index (χ3n) is 2.36. The summed E-state index contributed by atoms with van der Waals surface area (Å²) < 4.78 is 1.81. The van der Waals surface area contributed by atoms with E-state index in [0.29, 0.717) is 13.0 Å². The Morgan fingerprint density at radius 1 is 1.47 bits per heavy atom. The van der Waals surface area contributed by atoms with Crippen LogP contribution in [0.5, 0.6) is 0 Å². The van der Waals surface area contributed by atoms with Crippen LogP contribution in [0, 0.1) is 0 Å². The fourth-order valence-electron chi connectivity index (χ4n) is 1.39. The van der Waals surface area contributed by atoms with E-state index in [9.17, 15) is 4.79 Å². The van der Waals surface area contributed by atoms with Crippen LogP contribution < -0.4 is 10.6 Å². The molecule has 0 atom stereocenters. The monoisotopic (exact) mass is 239 g/mol. The molecular formula is C11H21N5O. The van der Waals surface area contributed by atoms with Gasteiger partial charge in [0.25, 0.3) is 0 Å². The Morgan fingerprint density at radius 3 is 3.00 bits per heavy atom. The van der Waals surface area contributed by atoms with Gasteiger partial charge < -0.3 is 10.6 Å². The fraction of sp³-hybridized carbons (Fsp3) is 0.727. The lowest BCUT2D eigenvalue weighted by atomic mass is 10.4. The Labute approximate surface area is 102 Å². The van der Waals surface area contributed by atoms with E-state index >= 15 is 0 Å². The van der Waals surface area contributed by atoms with Gasteiger partial charge in [0.1, 0.15) is 5.69 Å². The van der Waals surface area contributed by atoms with E-state index in [1.807, 2.05) is 17.8 Å². The Hall–Kier alpha value is -1.43.